The lowest BCUT2D eigenvalue weighted by Gasteiger charge is -2.38. The highest BCUT2D eigenvalue weighted by atomic mass is 16.5. The van der Waals surface area contributed by atoms with Crippen molar-refractivity contribution in [1.82, 2.24) is 9.88 Å². The number of nitrogens with one attached hydrogen (secondary N) is 1. The van der Waals surface area contributed by atoms with Crippen LogP contribution in [0.3, 0.4) is 0 Å². The standard InChI is InChI=1S/C28H30N2O4/c1-33-28(32)30-16-15-23-22-13-7-8-14-24(22)29-26(23)25(30)17-20-11-5-6-12-21(20)18-34-27(31)19-9-3-2-4-10-19/h2-10,13-14,20-21,25,29H,11-12,15-18H2,1H3/t20-,21+,25-/m0/s1. The van der Waals surface area contributed by atoms with E-state index in [4.69, 9.17) is 9.47 Å². The summed E-state index contributed by atoms with van der Waals surface area (Å²) in [5.41, 5.74) is 4.06. The summed E-state index contributed by atoms with van der Waals surface area (Å²) in [5, 5.41) is 1.23. The summed E-state index contributed by atoms with van der Waals surface area (Å²) in [6.07, 6.45) is 7.42. The summed E-state index contributed by atoms with van der Waals surface area (Å²) < 4.78 is 10.9. The number of hydrogen-bond acceptors (Lipinski definition) is 4. The van der Waals surface area contributed by atoms with Gasteiger partial charge in [-0.2, -0.15) is 0 Å². The number of para-hydroxylation sites is 1. The minimum atomic E-state index is -0.298. The van der Waals surface area contributed by atoms with Gasteiger partial charge in [0.15, 0.2) is 0 Å². The van der Waals surface area contributed by atoms with Gasteiger partial charge in [-0.1, -0.05) is 48.6 Å². The molecular weight excluding hydrogens is 428 g/mol. The third-order valence-electron chi connectivity index (χ3n) is 7.24. The van der Waals surface area contributed by atoms with Crippen LogP contribution >= 0.6 is 0 Å². The smallest absolute Gasteiger partial charge is 0.410 e. The first kappa shape index (κ1) is 22.3. The van der Waals surface area contributed by atoms with Crippen molar-refractivity contribution in [2.24, 2.45) is 11.8 Å². The molecule has 1 aliphatic carbocycles. The Morgan fingerprint density at radius 1 is 1.00 bits per heavy atom. The molecule has 0 saturated heterocycles. The minimum Gasteiger partial charge on any atom is -0.462 e. The van der Waals surface area contributed by atoms with Crippen LogP contribution in [0.4, 0.5) is 4.79 Å². The summed E-state index contributed by atoms with van der Waals surface area (Å²) in [5.74, 6) is 0.190. The molecule has 0 radical (unpaired) electrons. The maximum atomic E-state index is 12.7. The Bertz CT molecular complexity index is 1200. The third-order valence-corrected chi connectivity index (χ3v) is 7.24. The van der Waals surface area contributed by atoms with Crippen molar-refractivity contribution in [2.75, 3.05) is 20.3 Å². The fourth-order valence-electron chi connectivity index (χ4n) is 5.45. The molecule has 6 heteroatoms. The first-order valence-corrected chi connectivity index (χ1v) is 12.0. The topological polar surface area (TPSA) is 71.6 Å². The average molecular weight is 459 g/mol. The molecule has 0 spiro atoms. The molecule has 2 aliphatic rings. The number of esters is 1. The fourth-order valence-corrected chi connectivity index (χ4v) is 5.45. The minimum absolute atomic E-state index is 0.104. The van der Waals surface area contributed by atoms with E-state index in [0.29, 0.717) is 18.7 Å². The van der Waals surface area contributed by atoms with E-state index in [1.807, 2.05) is 29.2 Å². The van der Waals surface area contributed by atoms with E-state index in [2.05, 4.69) is 35.3 Å². The molecule has 2 aromatic carbocycles. The number of nitrogens with zero attached hydrogens (tertiary/aromatic N) is 1. The maximum absolute atomic E-state index is 12.7. The second-order valence-electron chi connectivity index (χ2n) is 9.16. The molecule has 0 bridgehead atoms. The quantitative estimate of drug-likeness (QED) is 0.395. The van der Waals surface area contributed by atoms with Gasteiger partial charge in [0.2, 0.25) is 0 Å². The van der Waals surface area contributed by atoms with Gasteiger partial charge < -0.3 is 14.5 Å². The summed E-state index contributed by atoms with van der Waals surface area (Å²) in [6.45, 7) is 0.996. The van der Waals surface area contributed by atoms with Gasteiger partial charge in [-0.05, 0) is 61.3 Å². The first-order valence-electron chi connectivity index (χ1n) is 12.0. The van der Waals surface area contributed by atoms with E-state index in [9.17, 15) is 9.59 Å². The number of carbonyl (C=O) groups is 2. The Hall–Kier alpha value is -3.54. The molecule has 5 rings (SSSR count). The molecule has 3 aromatic rings. The van der Waals surface area contributed by atoms with E-state index in [0.717, 1.165) is 36.9 Å². The number of rotatable bonds is 5. The van der Waals surface area contributed by atoms with Gasteiger partial charge in [-0.3, -0.25) is 4.90 Å². The molecule has 2 heterocycles. The van der Waals surface area contributed by atoms with E-state index in [-0.39, 0.29) is 29.9 Å². The predicted molar refractivity (Wildman–Crippen MR) is 131 cm³/mol. The molecule has 0 unspecified atom stereocenters. The molecule has 176 valence electrons. The lowest BCUT2D eigenvalue weighted by atomic mass is 9.78. The van der Waals surface area contributed by atoms with Crippen LogP contribution in [0.2, 0.25) is 0 Å². The first-order chi connectivity index (χ1) is 16.7. The third kappa shape index (κ3) is 4.32. The van der Waals surface area contributed by atoms with E-state index < -0.39 is 0 Å². The molecular formula is C28H30N2O4. The Kier molecular flexibility index (Phi) is 6.39. The number of carbonyl (C=O) groups excluding carboxylic acids is 2. The Morgan fingerprint density at radius 2 is 1.74 bits per heavy atom. The van der Waals surface area contributed by atoms with Crippen molar-refractivity contribution in [3.63, 3.8) is 0 Å². The van der Waals surface area contributed by atoms with Gasteiger partial charge in [0.05, 0.1) is 25.3 Å². The van der Waals surface area contributed by atoms with Gasteiger partial charge >= 0.3 is 12.1 Å². The predicted octanol–water partition coefficient (Wildman–Crippen LogP) is 5.66. The monoisotopic (exact) mass is 458 g/mol. The highest BCUT2D eigenvalue weighted by molar-refractivity contribution is 5.89. The van der Waals surface area contributed by atoms with Crippen molar-refractivity contribution in [1.29, 1.82) is 0 Å². The van der Waals surface area contributed by atoms with E-state index in [1.54, 1.807) is 12.1 Å². The maximum Gasteiger partial charge on any atom is 0.410 e. The van der Waals surface area contributed by atoms with Crippen LogP contribution in [0.1, 0.15) is 46.9 Å². The van der Waals surface area contributed by atoms with Gasteiger partial charge in [0.1, 0.15) is 0 Å². The van der Waals surface area contributed by atoms with Crippen molar-refractivity contribution >= 4 is 23.0 Å². The number of methoxy groups -OCH3 is 1. The normalized spacial score (nSPS) is 21.8. The van der Waals surface area contributed by atoms with Crippen LogP contribution < -0.4 is 0 Å². The van der Waals surface area contributed by atoms with Crippen LogP contribution in [0.25, 0.3) is 10.9 Å². The number of aromatic nitrogens is 1. The number of hydrogen-bond donors (Lipinski definition) is 1. The van der Waals surface area contributed by atoms with Crippen LogP contribution in [0.15, 0.2) is 66.7 Å². The van der Waals surface area contributed by atoms with Crippen molar-refractivity contribution < 1.29 is 19.1 Å². The number of fused-ring (bicyclic) bond motifs is 3. The second kappa shape index (κ2) is 9.75. The highest BCUT2D eigenvalue weighted by Gasteiger charge is 2.37. The number of ether oxygens (including phenoxy) is 2. The molecule has 1 aliphatic heterocycles. The molecule has 1 aromatic heterocycles. The molecule has 1 N–H and O–H groups in total. The zero-order valence-corrected chi connectivity index (χ0v) is 19.4. The number of amides is 1. The lowest BCUT2D eigenvalue weighted by Crippen LogP contribution is -2.41. The summed E-state index contributed by atoms with van der Waals surface area (Å²) in [7, 11) is 1.44. The zero-order chi connectivity index (χ0) is 23.5. The van der Waals surface area contributed by atoms with Gasteiger partial charge in [0.25, 0.3) is 0 Å². The van der Waals surface area contributed by atoms with Crippen LogP contribution in [0, 0.1) is 11.8 Å². The number of benzene rings is 2. The molecule has 6 nitrogen and oxygen atoms in total. The van der Waals surface area contributed by atoms with Gasteiger partial charge in [-0.15, -0.1) is 0 Å². The number of aromatic amines is 1. The van der Waals surface area contributed by atoms with Gasteiger partial charge in [0, 0.05) is 23.1 Å². The zero-order valence-electron chi connectivity index (χ0n) is 19.4. The van der Waals surface area contributed by atoms with Crippen LogP contribution in [0.5, 0.6) is 0 Å². The summed E-state index contributed by atoms with van der Waals surface area (Å²) in [6, 6.07) is 17.3. The fraction of sp³-hybridized carbons (Fsp3) is 0.357. The van der Waals surface area contributed by atoms with E-state index >= 15 is 0 Å². The lowest BCUT2D eigenvalue weighted by molar-refractivity contribution is 0.0352. The average Bonchev–Trinajstić information content (AvgIpc) is 3.27. The summed E-state index contributed by atoms with van der Waals surface area (Å²) >= 11 is 0. The molecule has 3 atom stereocenters. The van der Waals surface area contributed by atoms with Crippen molar-refractivity contribution in [2.45, 2.75) is 31.7 Å². The van der Waals surface area contributed by atoms with Gasteiger partial charge in [-0.25, -0.2) is 9.59 Å². The van der Waals surface area contributed by atoms with Crippen molar-refractivity contribution in [3.8, 4) is 0 Å². The number of H-pyrrole nitrogens is 1. The van der Waals surface area contributed by atoms with Crippen molar-refractivity contribution in [3.05, 3.63) is 83.6 Å². The molecule has 0 saturated carbocycles. The number of allylic oxidation sites excluding steroid dienone is 2. The van der Waals surface area contributed by atoms with Crippen LogP contribution in [-0.4, -0.2) is 42.2 Å². The highest BCUT2D eigenvalue weighted by Crippen LogP contribution is 2.41. The van der Waals surface area contributed by atoms with Crippen LogP contribution in [-0.2, 0) is 15.9 Å². The Morgan fingerprint density at radius 3 is 2.53 bits per heavy atom. The molecule has 1 amide bonds. The molecule has 0 fully saturated rings. The van der Waals surface area contributed by atoms with E-state index in [1.165, 1.54) is 18.1 Å². The Balaban J connectivity index is 1.38. The molecule has 34 heavy (non-hydrogen) atoms. The largest absolute Gasteiger partial charge is 0.462 e. The SMILES string of the molecule is COC(=O)N1CCc2c([nH]c3ccccc23)[C@@H]1C[C@@H]1CC=CC[C@@H]1COC(=O)c1ccccc1. The second-order valence-corrected chi connectivity index (χ2v) is 9.16. The summed E-state index contributed by atoms with van der Waals surface area (Å²) in [4.78, 5) is 30.7. The Labute approximate surface area is 199 Å².